The summed E-state index contributed by atoms with van der Waals surface area (Å²) in [6.45, 7) is 9.14. The van der Waals surface area contributed by atoms with Crippen molar-refractivity contribution in [1.82, 2.24) is 4.98 Å². The molecule has 0 unspecified atom stereocenters. The van der Waals surface area contributed by atoms with Gasteiger partial charge in [0.1, 0.15) is 11.4 Å². The molecule has 0 N–H and O–H groups in total. The number of fused-ring (bicyclic) bond motifs is 2. The maximum Gasteiger partial charge on any atom is 0.296 e. The summed E-state index contributed by atoms with van der Waals surface area (Å²) < 4.78 is 18.0. The molecule has 37 heavy (non-hydrogen) atoms. The number of para-hydroxylation sites is 1. The van der Waals surface area contributed by atoms with Crippen molar-refractivity contribution in [1.29, 1.82) is 0 Å². The summed E-state index contributed by atoms with van der Waals surface area (Å²) in [7, 11) is 0. The molecule has 1 aliphatic heterocycles. The average molecular weight is 499 g/mol. The molecule has 0 saturated carbocycles. The highest BCUT2D eigenvalue weighted by Gasteiger charge is 2.44. The predicted octanol–water partition coefficient (Wildman–Crippen LogP) is 6.07. The topological polar surface area (TPSA) is 81.9 Å². The molecule has 0 aliphatic carbocycles. The van der Waals surface area contributed by atoms with Gasteiger partial charge in [-0.05, 0) is 67.6 Å². The van der Waals surface area contributed by atoms with Crippen LogP contribution in [-0.2, 0) is 0 Å². The van der Waals surface area contributed by atoms with E-state index in [4.69, 9.17) is 13.9 Å². The van der Waals surface area contributed by atoms with Crippen LogP contribution in [0.1, 0.15) is 60.5 Å². The second kappa shape index (κ2) is 10.1. The normalized spacial score (nSPS) is 14.9. The lowest BCUT2D eigenvalue weighted by Gasteiger charge is -2.25. The zero-order valence-electron chi connectivity index (χ0n) is 21.5. The number of aromatic nitrogens is 1. The fourth-order valence-electron chi connectivity index (χ4n) is 4.56. The molecular formula is C30H30N2O5. The van der Waals surface area contributed by atoms with Crippen molar-refractivity contribution in [3.63, 3.8) is 0 Å². The lowest BCUT2D eigenvalue weighted by Crippen LogP contribution is -2.30. The molecule has 190 valence electrons. The number of nitrogens with zero attached hydrogens (tertiary/aromatic N) is 2. The first-order chi connectivity index (χ1) is 17.9. The van der Waals surface area contributed by atoms with Gasteiger partial charge in [-0.3, -0.25) is 14.5 Å². The summed E-state index contributed by atoms with van der Waals surface area (Å²) >= 11 is 0. The smallest absolute Gasteiger partial charge is 0.296 e. The quantitative estimate of drug-likeness (QED) is 0.293. The van der Waals surface area contributed by atoms with Gasteiger partial charge in [-0.25, -0.2) is 4.98 Å². The van der Waals surface area contributed by atoms with Gasteiger partial charge in [-0.1, -0.05) is 38.1 Å². The number of hydrogen-bond acceptors (Lipinski definition) is 6. The molecule has 0 fully saturated rings. The van der Waals surface area contributed by atoms with Crippen LogP contribution in [0.3, 0.4) is 0 Å². The molecule has 7 nitrogen and oxygen atoms in total. The van der Waals surface area contributed by atoms with Crippen molar-refractivity contribution in [3.8, 4) is 11.5 Å². The molecule has 1 aliphatic rings. The Morgan fingerprint density at radius 3 is 2.57 bits per heavy atom. The Hall–Kier alpha value is -4.13. The van der Waals surface area contributed by atoms with Crippen molar-refractivity contribution < 1.29 is 18.7 Å². The molecule has 1 amide bonds. The standard InChI is InChI=1S/C30H30N2O5/c1-5-35-24-16-20(11-12-23(24)36-15-14-18(2)3)27-26-28(33)21-8-6-7-9-22(21)37-29(26)30(34)32(27)25-13-10-19(4)17-31-25/h6-13,16-18,27H,5,14-15H2,1-4H3/t27-/m0/s1. The maximum absolute atomic E-state index is 13.7. The third-order valence-electron chi connectivity index (χ3n) is 6.46. The van der Waals surface area contributed by atoms with E-state index < -0.39 is 11.9 Å². The third kappa shape index (κ3) is 4.57. The number of ether oxygens (including phenoxy) is 2. The van der Waals surface area contributed by atoms with Crippen molar-refractivity contribution in [2.75, 3.05) is 18.1 Å². The highest BCUT2D eigenvalue weighted by molar-refractivity contribution is 6.10. The predicted molar refractivity (Wildman–Crippen MR) is 143 cm³/mol. The van der Waals surface area contributed by atoms with Gasteiger partial charge in [0.2, 0.25) is 5.76 Å². The minimum Gasteiger partial charge on any atom is -0.490 e. The lowest BCUT2D eigenvalue weighted by molar-refractivity contribution is 0.0970. The summed E-state index contributed by atoms with van der Waals surface area (Å²) in [5.41, 5.74) is 2.10. The Kier molecular flexibility index (Phi) is 6.70. The number of anilines is 1. The van der Waals surface area contributed by atoms with Gasteiger partial charge >= 0.3 is 0 Å². The van der Waals surface area contributed by atoms with E-state index in [0.29, 0.717) is 58.5 Å². The lowest BCUT2D eigenvalue weighted by atomic mass is 9.98. The van der Waals surface area contributed by atoms with Crippen molar-refractivity contribution in [2.45, 2.75) is 40.2 Å². The van der Waals surface area contributed by atoms with E-state index in [9.17, 15) is 9.59 Å². The van der Waals surface area contributed by atoms with Crippen molar-refractivity contribution >= 4 is 22.7 Å². The molecule has 4 aromatic rings. The van der Waals surface area contributed by atoms with Crippen LogP contribution in [0.4, 0.5) is 5.82 Å². The monoisotopic (exact) mass is 498 g/mol. The SMILES string of the molecule is CCOc1cc([C@H]2c3c(oc4ccccc4c3=O)C(=O)N2c2ccc(C)cn2)ccc1OCCC(C)C. The molecule has 1 atom stereocenters. The Morgan fingerprint density at radius 1 is 1.03 bits per heavy atom. The molecule has 0 saturated heterocycles. The third-order valence-corrected chi connectivity index (χ3v) is 6.46. The highest BCUT2D eigenvalue weighted by atomic mass is 16.5. The molecule has 2 aromatic carbocycles. The first-order valence-corrected chi connectivity index (χ1v) is 12.6. The molecule has 0 bridgehead atoms. The maximum atomic E-state index is 13.7. The second-order valence-electron chi connectivity index (χ2n) is 9.61. The van der Waals surface area contributed by atoms with Gasteiger partial charge in [0.15, 0.2) is 16.9 Å². The van der Waals surface area contributed by atoms with E-state index in [2.05, 4.69) is 18.8 Å². The number of aryl methyl sites for hydroxylation is 1. The fraction of sp³-hybridized carbons (Fsp3) is 0.300. The molecule has 0 radical (unpaired) electrons. The Balaban J connectivity index is 1.67. The largest absolute Gasteiger partial charge is 0.490 e. The van der Waals surface area contributed by atoms with Crippen LogP contribution in [0.2, 0.25) is 0 Å². The Bertz CT molecular complexity index is 1510. The minimum atomic E-state index is -0.734. The average Bonchev–Trinajstić information content (AvgIpc) is 3.18. The molecular weight excluding hydrogens is 468 g/mol. The summed E-state index contributed by atoms with van der Waals surface area (Å²) in [6, 6.07) is 15.5. The van der Waals surface area contributed by atoms with Gasteiger partial charge in [-0.15, -0.1) is 0 Å². The summed E-state index contributed by atoms with van der Waals surface area (Å²) in [5.74, 6) is 1.76. The second-order valence-corrected chi connectivity index (χ2v) is 9.61. The minimum absolute atomic E-state index is 0.0336. The number of hydrogen-bond donors (Lipinski definition) is 0. The molecule has 3 heterocycles. The van der Waals surface area contributed by atoms with E-state index in [1.807, 2.05) is 38.1 Å². The van der Waals surface area contributed by atoms with Crippen molar-refractivity contribution in [3.05, 3.63) is 93.5 Å². The number of rotatable bonds is 8. The van der Waals surface area contributed by atoms with Crippen LogP contribution in [0, 0.1) is 12.8 Å². The summed E-state index contributed by atoms with van der Waals surface area (Å²) in [4.78, 5) is 33.5. The van der Waals surface area contributed by atoms with Crippen LogP contribution in [0.5, 0.6) is 11.5 Å². The summed E-state index contributed by atoms with van der Waals surface area (Å²) in [5, 5.41) is 0.427. The van der Waals surface area contributed by atoms with Gasteiger partial charge in [0.25, 0.3) is 5.91 Å². The van der Waals surface area contributed by atoms with Gasteiger partial charge in [0, 0.05) is 6.20 Å². The molecule has 0 spiro atoms. The van der Waals surface area contributed by atoms with E-state index in [-0.39, 0.29) is 11.2 Å². The number of carbonyl (C=O) groups excluding carboxylic acids is 1. The molecule has 7 heteroatoms. The van der Waals surface area contributed by atoms with E-state index >= 15 is 0 Å². The van der Waals surface area contributed by atoms with Crippen LogP contribution in [-0.4, -0.2) is 24.1 Å². The van der Waals surface area contributed by atoms with E-state index in [1.54, 1.807) is 36.5 Å². The van der Waals surface area contributed by atoms with Crippen LogP contribution >= 0.6 is 0 Å². The number of amides is 1. The van der Waals surface area contributed by atoms with Crippen LogP contribution in [0.15, 0.2) is 70.0 Å². The molecule has 2 aromatic heterocycles. The zero-order chi connectivity index (χ0) is 26.1. The van der Waals surface area contributed by atoms with Gasteiger partial charge in [-0.2, -0.15) is 0 Å². The Morgan fingerprint density at radius 2 is 1.84 bits per heavy atom. The zero-order valence-corrected chi connectivity index (χ0v) is 21.5. The number of benzene rings is 2. The van der Waals surface area contributed by atoms with Crippen LogP contribution < -0.4 is 19.8 Å². The Labute approximate surface area is 215 Å². The first kappa shape index (κ1) is 24.6. The molecule has 5 rings (SSSR count). The van der Waals surface area contributed by atoms with E-state index in [1.165, 1.54) is 4.90 Å². The fourth-order valence-corrected chi connectivity index (χ4v) is 4.56. The van der Waals surface area contributed by atoms with E-state index in [0.717, 1.165) is 12.0 Å². The first-order valence-electron chi connectivity index (χ1n) is 12.6. The van der Waals surface area contributed by atoms with Crippen LogP contribution in [0.25, 0.3) is 11.0 Å². The van der Waals surface area contributed by atoms with Gasteiger partial charge in [0.05, 0.1) is 30.2 Å². The number of pyridine rings is 1. The van der Waals surface area contributed by atoms with Crippen molar-refractivity contribution in [2.24, 2.45) is 5.92 Å². The highest BCUT2D eigenvalue weighted by Crippen LogP contribution is 2.42. The number of carbonyl (C=O) groups is 1. The summed E-state index contributed by atoms with van der Waals surface area (Å²) in [6.07, 6.45) is 2.62. The van der Waals surface area contributed by atoms with Gasteiger partial charge < -0.3 is 13.9 Å².